The molecule has 0 radical (unpaired) electrons. The van der Waals surface area contributed by atoms with Crippen LogP contribution in [0.5, 0.6) is 0 Å². The lowest BCUT2D eigenvalue weighted by Gasteiger charge is -2.29. The number of nitrogens with zero attached hydrogens (tertiary/aromatic N) is 4. The van der Waals surface area contributed by atoms with E-state index in [0.717, 1.165) is 22.6 Å². The molecule has 0 unspecified atom stereocenters. The summed E-state index contributed by atoms with van der Waals surface area (Å²) in [4.78, 5) is 26.9. The number of aliphatic hydroxyl groups is 1. The zero-order valence-electron chi connectivity index (χ0n) is 14.6. The number of anilines is 1. The van der Waals surface area contributed by atoms with Gasteiger partial charge in [0.1, 0.15) is 5.82 Å². The van der Waals surface area contributed by atoms with E-state index >= 15 is 0 Å². The highest BCUT2D eigenvalue weighted by Gasteiger charge is 2.24. The normalized spacial score (nSPS) is 14.8. The van der Waals surface area contributed by atoms with Crippen molar-refractivity contribution in [2.45, 2.75) is 39.3 Å². The second-order valence-electron chi connectivity index (χ2n) is 6.19. The highest BCUT2D eigenvalue weighted by atomic mass is 16.3. The fourth-order valence-electron chi connectivity index (χ4n) is 2.83. The molecule has 0 aromatic carbocycles. The average Bonchev–Trinajstić information content (AvgIpc) is 2.65. The van der Waals surface area contributed by atoms with Crippen LogP contribution in [-0.4, -0.2) is 50.1 Å². The number of fused-ring (bicyclic) bond motifs is 1. The summed E-state index contributed by atoms with van der Waals surface area (Å²) in [7, 11) is 0. The van der Waals surface area contributed by atoms with E-state index < -0.39 is 6.10 Å². The first-order valence-corrected chi connectivity index (χ1v) is 8.56. The Bertz CT molecular complexity index is 751. The SMILES string of the molecule is CC[C@@H](O)CNc1nc(-c2ccncc2)nc2c1CCN(C(C)=O)C2. The number of pyridine rings is 1. The van der Waals surface area contributed by atoms with Crippen LogP contribution in [0.3, 0.4) is 0 Å². The molecule has 3 heterocycles. The Kier molecular flexibility index (Phi) is 5.23. The van der Waals surface area contributed by atoms with Crippen LogP contribution in [0.2, 0.25) is 0 Å². The largest absolute Gasteiger partial charge is 0.391 e. The second kappa shape index (κ2) is 7.57. The molecule has 7 heteroatoms. The van der Waals surface area contributed by atoms with Crippen LogP contribution in [0.15, 0.2) is 24.5 Å². The topological polar surface area (TPSA) is 91.2 Å². The maximum absolute atomic E-state index is 11.7. The van der Waals surface area contributed by atoms with Gasteiger partial charge >= 0.3 is 0 Å². The molecule has 7 nitrogen and oxygen atoms in total. The number of rotatable bonds is 5. The van der Waals surface area contributed by atoms with Crippen molar-refractivity contribution in [2.24, 2.45) is 0 Å². The minimum Gasteiger partial charge on any atom is -0.391 e. The fraction of sp³-hybridized carbons (Fsp3) is 0.444. The molecule has 2 N–H and O–H groups in total. The van der Waals surface area contributed by atoms with Gasteiger partial charge in [-0.25, -0.2) is 9.97 Å². The number of nitrogens with one attached hydrogen (secondary N) is 1. The maximum Gasteiger partial charge on any atom is 0.219 e. The van der Waals surface area contributed by atoms with Crippen LogP contribution in [-0.2, 0) is 17.8 Å². The number of hydrogen-bond donors (Lipinski definition) is 2. The lowest BCUT2D eigenvalue weighted by molar-refractivity contribution is -0.129. The first-order chi connectivity index (χ1) is 12.1. The first kappa shape index (κ1) is 17.3. The standard InChI is InChI=1S/C18H23N5O2/c1-3-14(25)10-20-18-15-6-9-23(12(2)24)11-16(15)21-17(22-18)13-4-7-19-8-5-13/h4-5,7-8,14,25H,3,6,9-11H2,1-2H3,(H,20,21,22)/t14-/m1/s1. The van der Waals surface area contributed by atoms with E-state index in [4.69, 9.17) is 0 Å². The van der Waals surface area contributed by atoms with Gasteiger partial charge in [0.05, 0.1) is 18.3 Å². The monoisotopic (exact) mass is 341 g/mol. The van der Waals surface area contributed by atoms with Crippen LogP contribution in [0.25, 0.3) is 11.4 Å². The maximum atomic E-state index is 11.7. The van der Waals surface area contributed by atoms with Crippen LogP contribution >= 0.6 is 0 Å². The summed E-state index contributed by atoms with van der Waals surface area (Å²) in [5.74, 6) is 1.39. The predicted octanol–water partition coefficient (Wildman–Crippen LogP) is 1.63. The Labute approximate surface area is 147 Å². The Morgan fingerprint density at radius 2 is 2.12 bits per heavy atom. The average molecular weight is 341 g/mol. The molecule has 2 aromatic rings. The van der Waals surface area contributed by atoms with Gasteiger partial charge in [-0.2, -0.15) is 0 Å². The van der Waals surface area contributed by atoms with Gasteiger partial charge in [0.25, 0.3) is 0 Å². The third-order valence-corrected chi connectivity index (χ3v) is 4.43. The summed E-state index contributed by atoms with van der Waals surface area (Å²) in [5.41, 5.74) is 2.76. The number of carbonyl (C=O) groups is 1. The van der Waals surface area contributed by atoms with Gasteiger partial charge in [-0.3, -0.25) is 9.78 Å². The molecule has 0 bridgehead atoms. The first-order valence-electron chi connectivity index (χ1n) is 8.56. The van der Waals surface area contributed by atoms with E-state index in [1.165, 1.54) is 0 Å². The molecule has 0 aliphatic carbocycles. The lowest BCUT2D eigenvalue weighted by atomic mass is 10.0. The molecule has 25 heavy (non-hydrogen) atoms. The number of amides is 1. The zero-order valence-corrected chi connectivity index (χ0v) is 14.6. The van der Waals surface area contributed by atoms with Gasteiger partial charge < -0.3 is 15.3 Å². The van der Waals surface area contributed by atoms with Crippen molar-refractivity contribution in [1.82, 2.24) is 19.9 Å². The quantitative estimate of drug-likeness (QED) is 0.859. The highest BCUT2D eigenvalue weighted by molar-refractivity contribution is 5.74. The number of aromatic nitrogens is 3. The Balaban J connectivity index is 1.98. The third kappa shape index (κ3) is 3.93. The van der Waals surface area contributed by atoms with Gasteiger partial charge in [-0.05, 0) is 25.0 Å². The van der Waals surface area contributed by atoms with Gasteiger partial charge in [0, 0.05) is 43.5 Å². The summed E-state index contributed by atoms with van der Waals surface area (Å²) in [6.45, 7) is 5.09. The minimum atomic E-state index is -0.424. The predicted molar refractivity (Wildman–Crippen MR) is 94.8 cm³/mol. The van der Waals surface area contributed by atoms with E-state index in [-0.39, 0.29) is 5.91 Å². The molecule has 132 valence electrons. The van der Waals surface area contributed by atoms with Crippen molar-refractivity contribution in [2.75, 3.05) is 18.4 Å². The van der Waals surface area contributed by atoms with Crippen molar-refractivity contribution >= 4 is 11.7 Å². The van der Waals surface area contributed by atoms with E-state index in [0.29, 0.717) is 38.3 Å². The molecular formula is C18H23N5O2. The number of carbonyl (C=O) groups excluding carboxylic acids is 1. The summed E-state index contributed by atoms with van der Waals surface area (Å²) in [6.07, 6.45) is 4.36. The van der Waals surface area contributed by atoms with Gasteiger partial charge in [-0.15, -0.1) is 0 Å². The van der Waals surface area contributed by atoms with E-state index in [1.807, 2.05) is 19.1 Å². The van der Waals surface area contributed by atoms with Crippen molar-refractivity contribution in [1.29, 1.82) is 0 Å². The number of hydrogen-bond acceptors (Lipinski definition) is 6. The van der Waals surface area contributed by atoms with E-state index in [2.05, 4.69) is 20.3 Å². The molecule has 0 spiro atoms. The van der Waals surface area contributed by atoms with Crippen LogP contribution < -0.4 is 5.32 Å². The fourth-order valence-corrected chi connectivity index (χ4v) is 2.83. The molecule has 0 saturated heterocycles. The molecule has 1 atom stereocenters. The zero-order chi connectivity index (χ0) is 17.8. The van der Waals surface area contributed by atoms with Crippen LogP contribution in [0.1, 0.15) is 31.5 Å². The molecular weight excluding hydrogens is 318 g/mol. The summed E-state index contributed by atoms with van der Waals surface area (Å²) in [5, 5.41) is 13.1. The van der Waals surface area contributed by atoms with E-state index in [9.17, 15) is 9.90 Å². The van der Waals surface area contributed by atoms with Gasteiger partial charge in [0.15, 0.2) is 5.82 Å². The van der Waals surface area contributed by atoms with E-state index in [1.54, 1.807) is 24.2 Å². The summed E-state index contributed by atoms with van der Waals surface area (Å²) in [6, 6.07) is 3.72. The van der Waals surface area contributed by atoms with Gasteiger partial charge in [-0.1, -0.05) is 6.92 Å². The summed E-state index contributed by atoms with van der Waals surface area (Å²) < 4.78 is 0. The molecule has 1 amide bonds. The van der Waals surface area contributed by atoms with Crippen LogP contribution in [0, 0.1) is 0 Å². The van der Waals surface area contributed by atoms with Crippen molar-refractivity contribution < 1.29 is 9.90 Å². The van der Waals surface area contributed by atoms with Crippen molar-refractivity contribution in [3.8, 4) is 11.4 Å². The Morgan fingerprint density at radius 1 is 1.36 bits per heavy atom. The molecule has 1 aliphatic rings. The smallest absolute Gasteiger partial charge is 0.219 e. The molecule has 3 rings (SSSR count). The lowest BCUT2D eigenvalue weighted by Crippen LogP contribution is -2.35. The Morgan fingerprint density at radius 3 is 2.80 bits per heavy atom. The molecule has 1 aliphatic heterocycles. The Hall–Kier alpha value is -2.54. The summed E-state index contributed by atoms with van der Waals surface area (Å²) >= 11 is 0. The number of aliphatic hydroxyl groups excluding tert-OH is 1. The van der Waals surface area contributed by atoms with Crippen LogP contribution in [0.4, 0.5) is 5.82 Å². The van der Waals surface area contributed by atoms with Crippen molar-refractivity contribution in [3.05, 3.63) is 35.8 Å². The minimum absolute atomic E-state index is 0.0469. The second-order valence-corrected chi connectivity index (χ2v) is 6.19. The van der Waals surface area contributed by atoms with Crippen molar-refractivity contribution in [3.63, 3.8) is 0 Å². The molecule has 0 saturated carbocycles. The highest BCUT2D eigenvalue weighted by Crippen LogP contribution is 2.27. The van der Waals surface area contributed by atoms with Gasteiger partial charge in [0.2, 0.25) is 5.91 Å². The molecule has 0 fully saturated rings. The molecule has 2 aromatic heterocycles. The third-order valence-electron chi connectivity index (χ3n) is 4.43.